The summed E-state index contributed by atoms with van der Waals surface area (Å²) >= 11 is 0. The van der Waals surface area contributed by atoms with Crippen LogP contribution in [0.2, 0.25) is 0 Å². The van der Waals surface area contributed by atoms with Crippen molar-refractivity contribution < 1.29 is 14.6 Å². The average Bonchev–Trinajstić information content (AvgIpc) is 3.35. The normalized spacial score (nSPS) is 24.0. The Morgan fingerprint density at radius 1 is 1.28 bits per heavy atom. The minimum absolute atomic E-state index is 0.183. The third-order valence-electron chi connectivity index (χ3n) is 6.11. The molecule has 0 radical (unpaired) electrons. The molecular weight excluding hydrogens is 368 g/mol. The number of fused-ring (bicyclic) bond motifs is 1. The fourth-order valence-corrected chi connectivity index (χ4v) is 4.40. The van der Waals surface area contributed by atoms with Crippen LogP contribution in [0.1, 0.15) is 31.7 Å². The lowest BCUT2D eigenvalue weighted by Gasteiger charge is -2.35. The van der Waals surface area contributed by atoms with E-state index in [1.807, 2.05) is 18.2 Å². The summed E-state index contributed by atoms with van der Waals surface area (Å²) in [6.45, 7) is 1.63. The molecule has 5 rings (SSSR count). The molecule has 7 nitrogen and oxygen atoms in total. The van der Waals surface area contributed by atoms with Crippen LogP contribution in [0.4, 0.5) is 5.82 Å². The first-order valence-corrected chi connectivity index (χ1v) is 10.3. The van der Waals surface area contributed by atoms with Crippen LogP contribution in [-0.4, -0.2) is 45.6 Å². The van der Waals surface area contributed by atoms with E-state index < -0.39 is 0 Å². The van der Waals surface area contributed by atoms with E-state index in [2.05, 4.69) is 26.8 Å². The molecule has 2 fully saturated rings. The summed E-state index contributed by atoms with van der Waals surface area (Å²) < 4.78 is 13.8. The third kappa shape index (κ3) is 3.45. The van der Waals surface area contributed by atoms with E-state index >= 15 is 0 Å². The van der Waals surface area contributed by atoms with Crippen molar-refractivity contribution in [1.29, 1.82) is 0 Å². The molecule has 3 heterocycles. The van der Waals surface area contributed by atoms with E-state index in [4.69, 9.17) is 15.2 Å². The van der Waals surface area contributed by atoms with E-state index in [0.29, 0.717) is 24.4 Å². The Morgan fingerprint density at radius 3 is 2.97 bits per heavy atom. The van der Waals surface area contributed by atoms with Crippen molar-refractivity contribution in [1.82, 2.24) is 14.5 Å². The summed E-state index contributed by atoms with van der Waals surface area (Å²) in [6.07, 6.45) is 7.88. The maximum Gasteiger partial charge on any atom is 0.146 e. The van der Waals surface area contributed by atoms with Crippen LogP contribution in [0.15, 0.2) is 36.8 Å². The summed E-state index contributed by atoms with van der Waals surface area (Å²) in [5.41, 5.74) is 9.13. The molecule has 0 bridgehead atoms. The number of hydrogen-bond acceptors (Lipinski definition) is 6. The third-order valence-corrected chi connectivity index (χ3v) is 6.11. The van der Waals surface area contributed by atoms with Crippen LogP contribution >= 0.6 is 0 Å². The Hall–Kier alpha value is -2.64. The predicted octanol–water partition coefficient (Wildman–Crippen LogP) is 3.18. The van der Waals surface area contributed by atoms with Crippen molar-refractivity contribution in [2.24, 2.45) is 5.92 Å². The standard InChI is InChI=1S/C22H26N4O3/c23-21-20-19(10-26(22(20)25-13-24-21)16-7-14(8-16)11-27)15-3-1-4-17(9-15)29-12-18-5-2-6-28-18/h1,3-4,9-10,13-14,16,18,27H,2,5-8,11-12H2,(H2,23,24,25)/t14-,16-,18?. The molecule has 3 aromatic rings. The molecule has 1 saturated carbocycles. The molecule has 1 aromatic carbocycles. The zero-order valence-corrected chi connectivity index (χ0v) is 16.3. The molecule has 1 saturated heterocycles. The zero-order valence-electron chi connectivity index (χ0n) is 16.3. The number of hydrogen-bond donors (Lipinski definition) is 2. The smallest absolute Gasteiger partial charge is 0.146 e. The van der Waals surface area contributed by atoms with Crippen LogP contribution in [-0.2, 0) is 4.74 Å². The summed E-state index contributed by atoms with van der Waals surface area (Å²) in [6, 6.07) is 8.39. The highest BCUT2D eigenvalue weighted by Crippen LogP contribution is 2.42. The zero-order chi connectivity index (χ0) is 19.8. The highest BCUT2D eigenvalue weighted by Gasteiger charge is 2.32. The van der Waals surface area contributed by atoms with E-state index in [0.717, 1.165) is 60.2 Å². The van der Waals surface area contributed by atoms with E-state index in [1.54, 1.807) is 0 Å². The van der Waals surface area contributed by atoms with Gasteiger partial charge in [0.2, 0.25) is 0 Å². The lowest BCUT2D eigenvalue weighted by molar-refractivity contribution is 0.0680. The number of aromatic nitrogens is 3. The second-order valence-electron chi connectivity index (χ2n) is 8.06. The number of nitrogens with two attached hydrogens (primary N) is 1. The molecule has 2 aromatic heterocycles. The quantitative estimate of drug-likeness (QED) is 0.667. The predicted molar refractivity (Wildman–Crippen MR) is 111 cm³/mol. The topological polar surface area (TPSA) is 95.4 Å². The molecule has 3 N–H and O–H groups in total. The van der Waals surface area contributed by atoms with Crippen molar-refractivity contribution in [2.45, 2.75) is 37.8 Å². The first kappa shape index (κ1) is 18.4. The summed E-state index contributed by atoms with van der Waals surface area (Å²) in [4.78, 5) is 8.73. The second kappa shape index (κ2) is 7.65. The average molecular weight is 394 g/mol. The fraction of sp³-hybridized carbons (Fsp3) is 0.455. The van der Waals surface area contributed by atoms with Crippen molar-refractivity contribution in [3.8, 4) is 16.9 Å². The summed E-state index contributed by atoms with van der Waals surface area (Å²) in [5, 5.41) is 10.2. The SMILES string of the molecule is Nc1ncnc2c1c(-c1cccc(OCC3CCCO3)c1)cn2[C@H]1C[C@H](CO)C1. The molecule has 7 heteroatoms. The summed E-state index contributed by atoms with van der Waals surface area (Å²) in [5.74, 6) is 1.67. The highest BCUT2D eigenvalue weighted by atomic mass is 16.5. The Balaban J connectivity index is 1.47. The Labute approximate surface area is 169 Å². The van der Waals surface area contributed by atoms with E-state index in [1.165, 1.54) is 6.33 Å². The number of ether oxygens (including phenoxy) is 2. The molecule has 29 heavy (non-hydrogen) atoms. The Bertz CT molecular complexity index is 1010. The van der Waals surface area contributed by atoms with Crippen molar-refractivity contribution >= 4 is 16.9 Å². The summed E-state index contributed by atoms with van der Waals surface area (Å²) in [7, 11) is 0. The van der Waals surface area contributed by atoms with Gasteiger partial charge in [0.25, 0.3) is 0 Å². The molecule has 152 valence electrons. The monoisotopic (exact) mass is 394 g/mol. The highest BCUT2D eigenvalue weighted by molar-refractivity contribution is 6.00. The van der Waals surface area contributed by atoms with Gasteiger partial charge in [0, 0.05) is 31.0 Å². The first-order valence-electron chi connectivity index (χ1n) is 10.3. The maximum atomic E-state index is 9.37. The molecule has 1 unspecified atom stereocenters. The minimum Gasteiger partial charge on any atom is -0.491 e. The molecule has 1 aliphatic carbocycles. The number of rotatable bonds is 6. The molecule has 2 aliphatic rings. The lowest BCUT2D eigenvalue weighted by atomic mass is 9.81. The molecule has 1 aliphatic heterocycles. The number of nitrogens with zero attached hydrogens (tertiary/aromatic N) is 3. The van der Waals surface area contributed by atoms with Crippen LogP contribution in [0, 0.1) is 5.92 Å². The van der Waals surface area contributed by atoms with Gasteiger partial charge in [-0.25, -0.2) is 9.97 Å². The fourth-order valence-electron chi connectivity index (χ4n) is 4.40. The first-order chi connectivity index (χ1) is 14.2. The molecule has 1 atom stereocenters. The van der Waals surface area contributed by atoms with Gasteiger partial charge in [-0.05, 0) is 49.3 Å². The van der Waals surface area contributed by atoms with Gasteiger partial charge in [0.1, 0.15) is 30.1 Å². The van der Waals surface area contributed by atoms with Gasteiger partial charge in [-0.3, -0.25) is 0 Å². The van der Waals surface area contributed by atoms with Gasteiger partial charge in [-0.1, -0.05) is 12.1 Å². The van der Waals surface area contributed by atoms with Crippen LogP contribution in [0.25, 0.3) is 22.2 Å². The molecule has 0 amide bonds. The number of aliphatic hydroxyl groups is 1. The van der Waals surface area contributed by atoms with Crippen molar-refractivity contribution in [3.05, 3.63) is 36.8 Å². The van der Waals surface area contributed by atoms with E-state index in [9.17, 15) is 5.11 Å². The Kier molecular flexibility index (Phi) is 4.85. The van der Waals surface area contributed by atoms with Gasteiger partial charge in [-0.15, -0.1) is 0 Å². The number of aliphatic hydroxyl groups excluding tert-OH is 1. The van der Waals surface area contributed by atoms with Crippen LogP contribution in [0.5, 0.6) is 5.75 Å². The number of benzene rings is 1. The van der Waals surface area contributed by atoms with Gasteiger partial charge in [-0.2, -0.15) is 0 Å². The van der Waals surface area contributed by atoms with Crippen molar-refractivity contribution in [3.63, 3.8) is 0 Å². The molecular formula is C22H26N4O3. The van der Waals surface area contributed by atoms with Gasteiger partial charge < -0.3 is 24.9 Å². The number of anilines is 1. The van der Waals surface area contributed by atoms with Gasteiger partial charge in [0.05, 0.1) is 11.5 Å². The van der Waals surface area contributed by atoms with Crippen LogP contribution in [0.3, 0.4) is 0 Å². The van der Waals surface area contributed by atoms with Crippen LogP contribution < -0.4 is 10.5 Å². The van der Waals surface area contributed by atoms with Gasteiger partial charge >= 0.3 is 0 Å². The largest absolute Gasteiger partial charge is 0.491 e. The molecule has 0 spiro atoms. The number of nitrogen functional groups attached to an aromatic ring is 1. The van der Waals surface area contributed by atoms with Gasteiger partial charge in [0.15, 0.2) is 0 Å². The van der Waals surface area contributed by atoms with E-state index in [-0.39, 0.29) is 12.7 Å². The Morgan fingerprint density at radius 2 is 2.17 bits per heavy atom. The van der Waals surface area contributed by atoms with Crippen molar-refractivity contribution in [2.75, 3.05) is 25.6 Å². The second-order valence-corrected chi connectivity index (χ2v) is 8.06. The lowest BCUT2D eigenvalue weighted by Crippen LogP contribution is -2.28. The minimum atomic E-state index is 0.183. The maximum absolute atomic E-state index is 9.37.